The fourth-order valence-electron chi connectivity index (χ4n) is 3.25. The molecule has 2 aromatic rings. The van der Waals surface area contributed by atoms with Crippen LogP contribution < -0.4 is 5.32 Å². The molecule has 1 fully saturated rings. The van der Waals surface area contributed by atoms with Gasteiger partial charge in [0.05, 0.1) is 30.1 Å². The molecule has 0 unspecified atom stereocenters. The van der Waals surface area contributed by atoms with Gasteiger partial charge in [0.2, 0.25) is 0 Å². The van der Waals surface area contributed by atoms with Crippen LogP contribution in [0.3, 0.4) is 0 Å². The Bertz CT molecular complexity index is 791. The minimum absolute atomic E-state index is 0.00387. The summed E-state index contributed by atoms with van der Waals surface area (Å²) in [5.74, 6) is 0.801. The molecule has 1 aliphatic heterocycles. The lowest BCUT2D eigenvalue weighted by atomic mass is 10.2. The summed E-state index contributed by atoms with van der Waals surface area (Å²) < 4.78 is 10.5. The van der Waals surface area contributed by atoms with E-state index in [0.29, 0.717) is 18.0 Å². The van der Waals surface area contributed by atoms with Gasteiger partial charge < -0.3 is 19.7 Å². The summed E-state index contributed by atoms with van der Waals surface area (Å²) in [6.07, 6.45) is 2.59. The zero-order valence-electron chi connectivity index (χ0n) is 16.9. The lowest BCUT2D eigenvalue weighted by molar-refractivity contribution is 0.0378. The van der Waals surface area contributed by atoms with Crippen LogP contribution in [0.5, 0.6) is 0 Å². The van der Waals surface area contributed by atoms with Gasteiger partial charge in [-0.3, -0.25) is 9.69 Å². The summed E-state index contributed by atoms with van der Waals surface area (Å²) in [4.78, 5) is 27.2. The maximum absolute atomic E-state index is 12.8. The fourth-order valence-corrected chi connectivity index (χ4v) is 4.39. The second-order valence-electron chi connectivity index (χ2n) is 6.91. The van der Waals surface area contributed by atoms with Gasteiger partial charge in [0.25, 0.3) is 5.91 Å². The van der Waals surface area contributed by atoms with Crippen molar-refractivity contribution in [1.29, 1.82) is 0 Å². The molecule has 1 aliphatic rings. The van der Waals surface area contributed by atoms with E-state index in [1.54, 1.807) is 25.4 Å². The van der Waals surface area contributed by atoms with Crippen LogP contribution in [0.2, 0.25) is 0 Å². The third kappa shape index (κ3) is 4.96. The van der Waals surface area contributed by atoms with Crippen LogP contribution in [0.25, 0.3) is 10.2 Å². The number of amides is 1. The molecule has 28 heavy (non-hydrogen) atoms. The van der Waals surface area contributed by atoms with Gasteiger partial charge in [-0.25, -0.2) is 9.97 Å². The zero-order chi connectivity index (χ0) is 19.9. The number of hydrogen-bond acceptors (Lipinski definition) is 8. The smallest absolute Gasteiger partial charge is 0.264 e. The molecule has 3 heterocycles. The molecule has 0 spiro atoms. The van der Waals surface area contributed by atoms with Crippen LogP contribution in [-0.2, 0) is 9.47 Å². The number of nitrogens with zero attached hydrogens (tertiary/aromatic N) is 4. The quantitative estimate of drug-likeness (QED) is 0.636. The first-order valence-corrected chi connectivity index (χ1v) is 10.5. The first kappa shape index (κ1) is 20.9. The lowest BCUT2D eigenvalue weighted by Crippen LogP contribution is -2.37. The number of likely N-dealkylation sites (N-methyl/N-ethyl adjacent to an activating group) is 1. The molecule has 0 atom stereocenters. The normalized spacial score (nSPS) is 15.1. The Morgan fingerprint density at radius 1 is 1.39 bits per heavy atom. The van der Waals surface area contributed by atoms with Crippen LogP contribution in [0.1, 0.15) is 21.7 Å². The van der Waals surface area contributed by atoms with E-state index in [-0.39, 0.29) is 5.91 Å². The van der Waals surface area contributed by atoms with Gasteiger partial charge in [0.1, 0.15) is 17.0 Å². The van der Waals surface area contributed by atoms with E-state index in [4.69, 9.17) is 9.47 Å². The fraction of sp³-hybridized carbons (Fsp3) is 0.632. The van der Waals surface area contributed by atoms with Gasteiger partial charge in [-0.15, -0.1) is 11.3 Å². The van der Waals surface area contributed by atoms with Crippen LogP contribution in [-0.4, -0.2) is 92.4 Å². The molecule has 0 aromatic carbocycles. The van der Waals surface area contributed by atoms with Crippen molar-refractivity contribution in [2.24, 2.45) is 0 Å². The molecule has 1 N–H and O–H groups in total. The van der Waals surface area contributed by atoms with Crippen LogP contribution in [0.4, 0.5) is 5.82 Å². The standard InChI is InChI=1S/C19H29N5O3S/c1-14-15-17(20-5-4-6-24-8-11-27-12-9-24)21-13-22-18(15)28-16(14)19(25)23(2)7-10-26-3/h13H,4-12H2,1-3H3,(H,20,21,22). The zero-order valence-corrected chi connectivity index (χ0v) is 17.7. The van der Waals surface area contributed by atoms with Crippen molar-refractivity contribution in [2.45, 2.75) is 13.3 Å². The van der Waals surface area contributed by atoms with Crippen LogP contribution >= 0.6 is 11.3 Å². The summed E-state index contributed by atoms with van der Waals surface area (Å²) >= 11 is 1.42. The van der Waals surface area contributed by atoms with E-state index in [0.717, 1.165) is 67.4 Å². The van der Waals surface area contributed by atoms with Crippen LogP contribution in [0, 0.1) is 6.92 Å². The largest absolute Gasteiger partial charge is 0.383 e. The van der Waals surface area contributed by atoms with E-state index in [1.807, 2.05) is 6.92 Å². The maximum atomic E-state index is 12.8. The minimum Gasteiger partial charge on any atom is -0.383 e. The number of methoxy groups -OCH3 is 1. The Hall–Kier alpha value is -1.81. The molecule has 0 aliphatic carbocycles. The number of carbonyl (C=O) groups excluding carboxylic acids is 1. The summed E-state index contributed by atoms with van der Waals surface area (Å²) in [7, 11) is 3.43. The monoisotopic (exact) mass is 407 g/mol. The number of hydrogen-bond donors (Lipinski definition) is 1. The minimum atomic E-state index is -0.00387. The number of carbonyl (C=O) groups is 1. The number of thiophene rings is 1. The van der Waals surface area contributed by atoms with Gasteiger partial charge >= 0.3 is 0 Å². The van der Waals surface area contributed by atoms with Crippen molar-refractivity contribution < 1.29 is 14.3 Å². The summed E-state index contributed by atoms with van der Waals surface area (Å²) in [5, 5.41) is 4.38. The number of rotatable bonds is 9. The predicted octanol–water partition coefficient (Wildman–Crippen LogP) is 1.85. The van der Waals surface area contributed by atoms with Gasteiger partial charge in [-0.1, -0.05) is 0 Å². The Kier molecular flexibility index (Phi) is 7.55. The van der Waals surface area contributed by atoms with Crippen molar-refractivity contribution in [2.75, 3.05) is 72.0 Å². The average Bonchev–Trinajstić information content (AvgIpc) is 3.07. The average molecular weight is 408 g/mol. The molecule has 1 saturated heterocycles. The highest BCUT2D eigenvalue weighted by atomic mass is 32.1. The SMILES string of the molecule is COCCN(C)C(=O)c1sc2ncnc(NCCCN3CCOCC3)c2c1C. The van der Waals surface area contributed by atoms with E-state index in [1.165, 1.54) is 11.3 Å². The summed E-state index contributed by atoms with van der Waals surface area (Å²) in [5.41, 5.74) is 0.936. The highest BCUT2D eigenvalue weighted by molar-refractivity contribution is 7.20. The Morgan fingerprint density at radius 2 is 2.18 bits per heavy atom. The second-order valence-corrected chi connectivity index (χ2v) is 7.91. The Balaban J connectivity index is 1.66. The molecular weight excluding hydrogens is 378 g/mol. The molecule has 0 radical (unpaired) electrons. The molecule has 0 bridgehead atoms. The summed E-state index contributed by atoms with van der Waals surface area (Å²) in [6.45, 7) is 8.57. The molecule has 154 valence electrons. The van der Waals surface area contributed by atoms with Crippen molar-refractivity contribution in [3.8, 4) is 0 Å². The molecular formula is C19H29N5O3S. The van der Waals surface area contributed by atoms with Gasteiger partial charge in [0.15, 0.2) is 0 Å². The third-order valence-electron chi connectivity index (χ3n) is 4.95. The molecule has 2 aromatic heterocycles. The molecule has 1 amide bonds. The number of ether oxygens (including phenoxy) is 2. The number of anilines is 1. The van der Waals surface area contributed by atoms with E-state index in [2.05, 4.69) is 20.2 Å². The number of morpholine rings is 1. The second kappa shape index (κ2) is 10.1. The highest BCUT2D eigenvalue weighted by Gasteiger charge is 2.21. The number of nitrogens with one attached hydrogen (secondary N) is 1. The van der Waals surface area contributed by atoms with Crippen molar-refractivity contribution >= 4 is 33.3 Å². The van der Waals surface area contributed by atoms with E-state index < -0.39 is 0 Å². The Morgan fingerprint density at radius 3 is 2.93 bits per heavy atom. The van der Waals surface area contributed by atoms with Crippen molar-refractivity contribution in [3.63, 3.8) is 0 Å². The van der Waals surface area contributed by atoms with Gasteiger partial charge in [-0.2, -0.15) is 0 Å². The van der Waals surface area contributed by atoms with E-state index >= 15 is 0 Å². The van der Waals surface area contributed by atoms with Gasteiger partial charge in [-0.05, 0) is 25.5 Å². The van der Waals surface area contributed by atoms with Crippen molar-refractivity contribution in [3.05, 3.63) is 16.8 Å². The lowest BCUT2D eigenvalue weighted by Gasteiger charge is -2.26. The topological polar surface area (TPSA) is 79.8 Å². The van der Waals surface area contributed by atoms with Crippen molar-refractivity contribution in [1.82, 2.24) is 19.8 Å². The number of aromatic nitrogens is 2. The molecule has 8 nitrogen and oxygen atoms in total. The highest BCUT2D eigenvalue weighted by Crippen LogP contribution is 2.33. The van der Waals surface area contributed by atoms with E-state index in [9.17, 15) is 4.79 Å². The Labute approximate surface area is 169 Å². The first-order chi connectivity index (χ1) is 13.6. The first-order valence-electron chi connectivity index (χ1n) is 9.64. The number of aryl methyl sites for hydroxylation is 1. The summed E-state index contributed by atoms with van der Waals surface area (Å²) in [6, 6.07) is 0. The van der Waals surface area contributed by atoms with Gasteiger partial charge in [0, 0.05) is 40.3 Å². The molecule has 9 heteroatoms. The molecule has 0 saturated carbocycles. The molecule has 3 rings (SSSR count). The third-order valence-corrected chi connectivity index (χ3v) is 6.13. The van der Waals surface area contributed by atoms with Crippen LogP contribution in [0.15, 0.2) is 6.33 Å². The maximum Gasteiger partial charge on any atom is 0.264 e. The predicted molar refractivity (Wildman–Crippen MR) is 111 cm³/mol. The number of fused-ring (bicyclic) bond motifs is 1.